The quantitative estimate of drug-likeness (QED) is 0.152. The third-order valence-corrected chi connectivity index (χ3v) is 16.6. The molecule has 0 radical (unpaired) electrons. The second-order valence-electron chi connectivity index (χ2n) is 21.2. The minimum atomic E-state index is 0.579. The molecule has 0 fully saturated rings. The highest BCUT2D eigenvalue weighted by Crippen LogP contribution is 2.43. The van der Waals surface area contributed by atoms with Crippen LogP contribution >= 0.6 is 0 Å². The lowest BCUT2D eigenvalue weighted by Crippen LogP contribution is -2.05. The molecule has 0 unspecified atom stereocenters. The zero-order valence-corrected chi connectivity index (χ0v) is 44.3. The number of fused-ring (bicyclic) bond motifs is 12. The van der Waals surface area contributed by atoms with E-state index in [1.54, 1.807) is 0 Å². The maximum Gasteiger partial charge on any atom is 0.164 e. The molecule has 0 saturated heterocycles. The van der Waals surface area contributed by atoms with Crippen LogP contribution in [0.15, 0.2) is 285 Å². The molecule has 0 aliphatic carbocycles. The average molecular weight is 1050 g/mol. The van der Waals surface area contributed by atoms with Gasteiger partial charge in [-0.1, -0.05) is 182 Å². The van der Waals surface area contributed by atoms with Gasteiger partial charge in [-0.2, -0.15) is 0 Å². The van der Waals surface area contributed by atoms with Crippen molar-refractivity contribution >= 4 is 87.2 Å². The molecule has 0 saturated carbocycles. The van der Waals surface area contributed by atoms with Gasteiger partial charge in [-0.15, -0.1) is 0 Å². The van der Waals surface area contributed by atoms with Crippen LogP contribution in [0.25, 0.3) is 155 Å². The van der Waals surface area contributed by atoms with Crippen molar-refractivity contribution in [2.45, 2.75) is 0 Å². The van der Waals surface area contributed by atoms with Crippen molar-refractivity contribution in [3.05, 3.63) is 285 Å². The molecule has 17 aromatic rings. The van der Waals surface area contributed by atoms with Crippen LogP contribution in [-0.4, -0.2) is 33.2 Å². The monoisotopic (exact) mass is 1050 g/mol. The number of para-hydroxylation sites is 7. The van der Waals surface area contributed by atoms with Gasteiger partial charge in [0, 0.05) is 71.2 Å². The van der Waals surface area contributed by atoms with E-state index in [0.717, 1.165) is 78.1 Å². The summed E-state index contributed by atoms with van der Waals surface area (Å²) in [5.41, 5.74) is 18.3. The summed E-state index contributed by atoms with van der Waals surface area (Å²) in [4.78, 5) is 16.0. The van der Waals surface area contributed by atoms with Crippen LogP contribution in [0, 0.1) is 0 Å². The molecule has 0 spiro atoms. The molecule has 0 amide bonds. The Hall–Kier alpha value is -11.2. The summed E-state index contributed by atoms with van der Waals surface area (Å²) in [7, 11) is 0. The predicted molar refractivity (Wildman–Crippen MR) is 339 cm³/mol. The molecule has 382 valence electrons. The molecule has 0 atom stereocenters. The summed E-state index contributed by atoms with van der Waals surface area (Å²) in [6, 6.07) is 102. The molecule has 0 aliphatic rings. The highest BCUT2D eigenvalue weighted by Gasteiger charge is 2.23. The van der Waals surface area contributed by atoms with E-state index in [9.17, 15) is 0 Å². The Balaban J connectivity index is 0.869. The summed E-state index contributed by atoms with van der Waals surface area (Å²) in [5, 5.41) is 9.60. The van der Waals surface area contributed by atoms with Crippen molar-refractivity contribution in [2.75, 3.05) is 0 Å². The summed E-state index contributed by atoms with van der Waals surface area (Å²) in [6.45, 7) is 0. The van der Waals surface area contributed by atoms with Crippen molar-refractivity contribution in [3.8, 4) is 68.0 Å². The van der Waals surface area contributed by atoms with Gasteiger partial charge in [-0.25, -0.2) is 15.0 Å². The Labute approximate surface area is 471 Å². The van der Waals surface area contributed by atoms with E-state index in [0.29, 0.717) is 17.5 Å². The Bertz CT molecular complexity index is 5300. The largest absolute Gasteiger partial charge is 0.309 e. The van der Waals surface area contributed by atoms with Crippen molar-refractivity contribution in [1.29, 1.82) is 0 Å². The molecule has 7 heteroatoms. The van der Waals surface area contributed by atoms with Gasteiger partial charge in [0.25, 0.3) is 0 Å². The Morgan fingerprint density at radius 2 is 0.512 bits per heavy atom. The van der Waals surface area contributed by atoms with E-state index in [1.807, 2.05) is 18.2 Å². The number of hydrogen-bond acceptors (Lipinski definition) is 3. The van der Waals surface area contributed by atoms with Crippen LogP contribution in [0.5, 0.6) is 0 Å². The standard InChI is InChI=1S/C75H47N7/c1-3-20-48(21-4-1)73-76-74(51-22-19-25-54(44-51)80-63-32-13-7-26-55(63)56-27-8-14-33-64(56)80)78-75(77-73)52-40-43-71(72(47-52)82-66-35-16-9-28-57(66)58-29-10-17-36-67(58)82)81-68-37-18-12-31-60(68)62-46-50(39-42-70(62)81)49-38-41-69-61(45-49)59-30-11-15-34-65(59)79(69)53-23-5-2-6-24-53/h1-47H. The molecule has 82 heavy (non-hydrogen) atoms. The minimum absolute atomic E-state index is 0.579. The fourth-order valence-electron chi connectivity index (χ4n) is 13.0. The van der Waals surface area contributed by atoms with Gasteiger partial charge in [0.2, 0.25) is 0 Å². The van der Waals surface area contributed by atoms with Gasteiger partial charge >= 0.3 is 0 Å². The van der Waals surface area contributed by atoms with E-state index >= 15 is 0 Å². The van der Waals surface area contributed by atoms with Crippen molar-refractivity contribution in [2.24, 2.45) is 0 Å². The van der Waals surface area contributed by atoms with E-state index in [4.69, 9.17) is 15.0 Å². The first-order chi connectivity index (χ1) is 40.7. The fraction of sp³-hybridized carbons (Fsp3) is 0. The molecular formula is C75H47N7. The second-order valence-corrected chi connectivity index (χ2v) is 21.2. The number of hydrogen-bond donors (Lipinski definition) is 0. The van der Waals surface area contributed by atoms with Gasteiger partial charge in [0.1, 0.15) is 0 Å². The Kier molecular flexibility index (Phi) is 10.2. The van der Waals surface area contributed by atoms with E-state index < -0.39 is 0 Å². The highest BCUT2D eigenvalue weighted by molar-refractivity contribution is 6.14. The number of aromatic nitrogens is 7. The lowest BCUT2D eigenvalue weighted by atomic mass is 10.0. The molecule has 0 N–H and O–H groups in total. The van der Waals surface area contributed by atoms with Crippen LogP contribution in [0.4, 0.5) is 0 Å². The third kappa shape index (κ3) is 7.06. The van der Waals surface area contributed by atoms with E-state index in [-0.39, 0.29) is 0 Å². The summed E-state index contributed by atoms with van der Waals surface area (Å²) in [5.74, 6) is 1.77. The van der Waals surface area contributed by atoms with E-state index in [1.165, 1.54) is 59.7 Å². The van der Waals surface area contributed by atoms with Gasteiger partial charge in [-0.05, 0) is 114 Å². The minimum Gasteiger partial charge on any atom is -0.309 e. The molecule has 5 aromatic heterocycles. The molecule has 7 nitrogen and oxygen atoms in total. The normalized spacial score (nSPS) is 11.9. The zero-order valence-electron chi connectivity index (χ0n) is 44.3. The Morgan fingerprint density at radius 3 is 1.01 bits per heavy atom. The van der Waals surface area contributed by atoms with E-state index in [2.05, 4.69) is 285 Å². The van der Waals surface area contributed by atoms with Gasteiger partial charge in [0.15, 0.2) is 17.5 Å². The zero-order chi connectivity index (χ0) is 53.8. The maximum absolute atomic E-state index is 5.43. The summed E-state index contributed by atoms with van der Waals surface area (Å²) < 4.78 is 9.59. The average Bonchev–Trinajstić information content (AvgIpc) is 3.07. The molecule has 0 aliphatic heterocycles. The van der Waals surface area contributed by atoms with Crippen LogP contribution < -0.4 is 0 Å². The van der Waals surface area contributed by atoms with Crippen LogP contribution in [-0.2, 0) is 0 Å². The van der Waals surface area contributed by atoms with Crippen molar-refractivity contribution in [1.82, 2.24) is 33.2 Å². The second kappa shape index (κ2) is 18.2. The lowest BCUT2D eigenvalue weighted by Gasteiger charge is -2.18. The molecule has 5 heterocycles. The SMILES string of the molecule is c1ccc(-c2nc(-c3cccc(-n4c5ccccc5c5ccccc54)c3)nc(-c3ccc(-n4c5ccccc5c5cc(-c6ccc7c(c6)c6ccccc6n7-c6ccccc6)ccc54)c(-n4c5ccccc5c5ccccc54)c3)n2)cc1. The molecule has 17 rings (SSSR count). The number of nitrogens with zero attached hydrogens (tertiary/aromatic N) is 7. The van der Waals surface area contributed by atoms with Crippen molar-refractivity contribution < 1.29 is 0 Å². The van der Waals surface area contributed by atoms with Crippen molar-refractivity contribution in [3.63, 3.8) is 0 Å². The first-order valence-electron chi connectivity index (χ1n) is 27.8. The summed E-state index contributed by atoms with van der Waals surface area (Å²) >= 11 is 0. The fourth-order valence-corrected chi connectivity index (χ4v) is 13.0. The smallest absolute Gasteiger partial charge is 0.164 e. The van der Waals surface area contributed by atoms with Crippen LogP contribution in [0.2, 0.25) is 0 Å². The first-order valence-corrected chi connectivity index (χ1v) is 27.8. The molecule has 12 aromatic carbocycles. The first kappa shape index (κ1) is 45.8. The lowest BCUT2D eigenvalue weighted by molar-refractivity contribution is 1.06. The molecular weight excluding hydrogens is 999 g/mol. The topological polar surface area (TPSA) is 58.4 Å². The van der Waals surface area contributed by atoms with Gasteiger partial charge in [-0.3, -0.25) is 0 Å². The van der Waals surface area contributed by atoms with Gasteiger partial charge < -0.3 is 18.3 Å². The molecule has 0 bridgehead atoms. The number of benzene rings is 12. The van der Waals surface area contributed by atoms with Crippen LogP contribution in [0.3, 0.4) is 0 Å². The Morgan fingerprint density at radius 1 is 0.183 bits per heavy atom. The highest BCUT2D eigenvalue weighted by atomic mass is 15.1. The number of rotatable bonds is 8. The summed E-state index contributed by atoms with van der Waals surface area (Å²) in [6.07, 6.45) is 0. The maximum atomic E-state index is 5.43. The van der Waals surface area contributed by atoms with Gasteiger partial charge in [0.05, 0.1) is 55.5 Å². The predicted octanol–water partition coefficient (Wildman–Crippen LogP) is 18.9. The van der Waals surface area contributed by atoms with Crippen LogP contribution in [0.1, 0.15) is 0 Å². The third-order valence-electron chi connectivity index (χ3n) is 16.6.